The van der Waals surface area contributed by atoms with Gasteiger partial charge < -0.3 is 14.4 Å². The molecule has 0 radical (unpaired) electrons. The Bertz CT molecular complexity index is 1070. The lowest BCUT2D eigenvalue weighted by Crippen LogP contribution is -2.44. The van der Waals surface area contributed by atoms with E-state index in [1.165, 1.54) is 28.0 Å². The number of anilines is 1. The first-order valence-corrected chi connectivity index (χ1v) is 10.4. The molecule has 1 aliphatic heterocycles. The van der Waals surface area contributed by atoms with Crippen LogP contribution in [0.3, 0.4) is 0 Å². The van der Waals surface area contributed by atoms with E-state index in [0.717, 1.165) is 5.56 Å². The third-order valence-electron chi connectivity index (χ3n) is 4.92. The topological polar surface area (TPSA) is 59.1 Å². The summed E-state index contributed by atoms with van der Waals surface area (Å²) in [5.74, 6) is -0.318. The Morgan fingerprint density at radius 2 is 1.91 bits per heavy atom. The molecule has 2 aromatic carbocycles. The molecule has 1 aliphatic rings. The fraction of sp³-hybridized carbons (Fsp3) is 0.304. The Morgan fingerprint density at radius 3 is 2.55 bits per heavy atom. The van der Waals surface area contributed by atoms with Gasteiger partial charge in [0, 0.05) is 12.2 Å². The summed E-state index contributed by atoms with van der Waals surface area (Å²) in [7, 11) is 0. The summed E-state index contributed by atoms with van der Waals surface area (Å²) in [6, 6.07) is 10.4. The summed E-state index contributed by atoms with van der Waals surface area (Å²) < 4.78 is 47.1. The monoisotopic (exact) mass is 482 g/mol. The molecule has 0 N–H and O–H groups in total. The first kappa shape index (κ1) is 24.4. The maximum Gasteiger partial charge on any atom is 0.422 e. The molecule has 33 heavy (non-hydrogen) atoms. The number of amides is 2. The number of fused-ring (bicyclic) bond motifs is 1. The molecule has 0 aromatic heterocycles. The van der Waals surface area contributed by atoms with Gasteiger partial charge in [0.1, 0.15) is 5.75 Å². The van der Waals surface area contributed by atoms with Crippen LogP contribution < -0.4 is 9.64 Å². The van der Waals surface area contributed by atoms with E-state index in [1.54, 1.807) is 38.1 Å². The SMILES string of the molecule is C=C(C)OC(=O)N1Cc2ccccc2N(C(=O)c2ccc(OCC(F)(F)F)cc2Cl)C[C@H]1C. The molecule has 1 atom stereocenters. The van der Waals surface area contributed by atoms with Crippen LogP contribution in [0.5, 0.6) is 5.75 Å². The lowest BCUT2D eigenvalue weighted by molar-refractivity contribution is -0.153. The minimum atomic E-state index is -4.50. The number of carbonyl (C=O) groups excluding carboxylic acids is 2. The Labute approximate surface area is 194 Å². The van der Waals surface area contributed by atoms with Crippen LogP contribution in [0, 0.1) is 0 Å². The van der Waals surface area contributed by atoms with E-state index in [2.05, 4.69) is 6.58 Å². The highest BCUT2D eigenvalue weighted by molar-refractivity contribution is 6.34. The number of halogens is 4. The predicted octanol–water partition coefficient (Wildman–Crippen LogP) is 5.80. The number of hydrogen-bond acceptors (Lipinski definition) is 4. The zero-order chi connectivity index (χ0) is 24.3. The molecule has 0 bridgehead atoms. The van der Waals surface area contributed by atoms with Crippen molar-refractivity contribution in [3.8, 4) is 5.75 Å². The highest BCUT2D eigenvalue weighted by Crippen LogP contribution is 2.32. The van der Waals surface area contributed by atoms with Crippen LogP contribution in [0.2, 0.25) is 5.02 Å². The Hall–Kier alpha value is -3.20. The number of para-hydroxylation sites is 1. The van der Waals surface area contributed by atoms with Crippen molar-refractivity contribution in [2.75, 3.05) is 18.1 Å². The minimum absolute atomic E-state index is 0.0485. The highest BCUT2D eigenvalue weighted by Gasteiger charge is 2.33. The fourth-order valence-electron chi connectivity index (χ4n) is 3.42. The summed E-state index contributed by atoms with van der Waals surface area (Å²) in [4.78, 5) is 29.0. The zero-order valence-corrected chi connectivity index (χ0v) is 18.7. The van der Waals surface area contributed by atoms with Crippen LogP contribution in [0.15, 0.2) is 54.8 Å². The quantitative estimate of drug-likeness (QED) is 0.517. The number of benzene rings is 2. The van der Waals surface area contributed by atoms with Crippen molar-refractivity contribution in [2.45, 2.75) is 32.6 Å². The van der Waals surface area contributed by atoms with Gasteiger partial charge in [-0.25, -0.2) is 4.79 Å². The van der Waals surface area contributed by atoms with E-state index in [1.807, 2.05) is 0 Å². The molecule has 10 heteroatoms. The first-order chi connectivity index (χ1) is 15.5. The van der Waals surface area contributed by atoms with E-state index in [9.17, 15) is 22.8 Å². The van der Waals surface area contributed by atoms with Gasteiger partial charge in [-0.05, 0) is 43.7 Å². The van der Waals surface area contributed by atoms with E-state index in [4.69, 9.17) is 21.1 Å². The normalized spacial score (nSPS) is 16.0. The van der Waals surface area contributed by atoms with Gasteiger partial charge in [0.2, 0.25) is 0 Å². The Kier molecular flexibility index (Phi) is 7.22. The zero-order valence-electron chi connectivity index (χ0n) is 18.0. The van der Waals surface area contributed by atoms with E-state index >= 15 is 0 Å². The summed E-state index contributed by atoms with van der Waals surface area (Å²) in [5.41, 5.74) is 1.40. The molecule has 2 amide bonds. The number of hydrogen-bond donors (Lipinski definition) is 0. The first-order valence-electron chi connectivity index (χ1n) is 9.99. The summed E-state index contributed by atoms with van der Waals surface area (Å²) in [6.07, 6.45) is -5.08. The van der Waals surface area contributed by atoms with Gasteiger partial charge in [-0.2, -0.15) is 13.2 Å². The van der Waals surface area contributed by atoms with Gasteiger partial charge in [0.05, 0.1) is 28.9 Å². The largest absolute Gasteiger partial charge is 0.484 e. The standard InChI is InChI=1S/C23H22ClF3N2O4/c1-14(2)33-22(31)28-12-16-6-4-5-7-20(16)29(11-15(28)3)21(30)18-9-8-17(10-19(18)24)32-13-23(25,26)27/h4-10,15H,1,11-13H2,2-3H3/t15-/m1/s1. The van der Waals surface area contributed by atoms with Gasteiger partial charge in [0.15, 0.2) is 6.61 Å². The fourth-order valence-corrected chi connectivity index (χ4v) is 3.67. The number of allylic oxidation sites excluding steroid dienone is 1. The molecule has 0 aliphatic carbocycles. The van der Waals surface area contributed by atoms with Crippen molar-refractivity contribution in [2.24, 2.45) is 0 Å². The molecule has 176 valence electrons. The molecule has 1 heterocycles. The van der Waals surface area contributed by atoms with Crippen molar-refractivity contribution in [3.63, 3.8) is 0 Å². The van der Waals surface area contributed by atoms with Gasteiger partial charge in [-0.3, -0.25) is 9.69 Å². The second-order valence-electron chi connectivity index (χ2n) is 7.64. The number of carbonyl (C=O) groups is 2. The highest BCUT2D eigenvalue weighted by atomic mass is 35.5. The summed E-state index contributed by atoms with van der Waals surface area (Å²) >= 11 is 6.23. The predicted molar refractivity (Wildman–Crippen MR) is 117 cm³/mol. The van der Waals surface area contributed by atoms with Crippen LogP contribution in [-0.4, -0.2) is 42.3 Å². The molecular weight excluding hydrogens is 461 g/mol. The molecule has 0 saturated heterocycles. The number of rotatable bonds is 4. The van der Waals surface area contributed by atoms with Crippen molar-refractivity contribution in [3.05, 3.63) is 71.0 Å². The smallest absolute Gasteiger partial charge is 0.422 e. The number of ether oxygens (including phenoxy) is 2. The van der Waals surface area contributed by atoms with Gasteiger partial charge in [0.25, 0.3) is 5.91 Å². The molecule has 3 rings (SSSR count). The minimum Gasteiger partial charge on any atom is -0.484 e. The molecule has 0 unspecified atom stereocenters. The third kappa shape index (κ3) is 5.98. The third-order valence-corrected chi connectivity index (χ3v) is 5.23. The molecule has 6 nitrogen and oxygen atoms in total. The maximum absolute atomic E-state index is 13.4. The molecular formula is C23H22ClF3N2O4. The average Bonchev–Trinajstić information content (AvgIpc) is 2.87. The lowest BCUT2D eigenvalue weighted by atomic mass is 10.1. The van der Waals surface area contributed by atoms with Crippen LogP contribution in [0.4, 0.5) is 23.7 Å². The van der Waals surface area contributed by atoms with E-state index < -0.39 is 30.8 Å². The van der Waals surface area contributed by atoms with Crippen molar-refractivity contribution >= 4 is 29.3 Å². The number of nitrogens with zero attached hydrogens (tertiary/aromatic N) is 2. The van der Waals surface area contributed by atoms with Gasteiger partial charge in [-0.15, -0.1) is 0 Å². The van der Waals surface area contributed by atoms with Crippen LogP contribution in [-0.2, 0) is 11.3 Å². The van der Waals surface area contributed by atoms with E-state index in [-0.39, 0.29) is 35.2 Å². The molecule has 0 spiro atoms. The van der Waals surface area contributed by atoms with Crippen molar-refractivity contribution in [1.82, 2.24) is 4.90 Å². The lowest BCUT2D eigenvalue weighted by Gasteiger charge is -2.28. The van der Waals surface area contributed by atoms with Gasteiger partial charge in [-0.1, -0.05) is 36.4 Å². The summed E-state index contributed by atoms with van der Waals surface area (Å²) in [5, 5.41) is -0.0485. The molecule has 2 aromatic rings. The van der Waals surface area contributed by atoms with Gasteiger partial charge >= 0.3 is 12.3 Å². The second-order valence-corrected chi connectivity index (χ2v) is 8.04. The van der Waals surface area contributed by atoms with Crippen LogP contribution >= 0.6 is 11.6 Å². The van der Waals surface area contributed by atoms with Crippen LogP contribution in [0.1, 0.15) is 29.8 Å². The summed E-state index contributed by atoms with van der Waals surface area (Å²) in [6.45, 7) is 5.82. The van der Waals surface area contributed by atoms with E-state index in [0.29, 0.717) is 5.69 Å². The number of alkyl halides is 3. The molecule has 0 fully saturated rings. The Balaban J connectivity index is 1.90. The van der Waals surface area contributed by atoms with Crippen LogP contribution in [0.25, 0.3) is 0 Å². The van der Waals surface area contributed by atoms with Crippen molar-refractivity contribution in [1.29, 1.82) is 0 Å². The Morgan fingerprint density at radius 1 is 1.21 bits per heavy atom. The average molecular weight is 483 g/mol. The molecule has 0 saturated carbocycles. The maximum atomic E-state index is 13.4. The second kappa shape index (κ2) is 9.74. The van der Waals surface area contributed by atoms with Crippen molar-refractivity contribution < 1.29 is 32.2 Å².